The average Bonchev–Trinajstić information content (AvgIpc) is 2.28. The Balaban J connectivity index is 2.31. The quantitative estimate of drug-likeness (QED) is 0.749. The van der Waals surface area contributed by atoms with E-state index in [1.54, 1.807) is 0 Å². The summed E-state index contributed by atoms with van der Waals surface area (Å²) in [5.41, 5.74) is 0.855. The van der Waals surface area contributed by atoms with Crippen LogP contribution in [0.4, 0.5) is 0 Å². The summed E-state index contributed by atoms with van der Waals surface area (Å²) >= 11 is 0. The van der Waals surface area contributed by atoms with Crippen LogP contribution in [0.2, 0.25) is 0 Å². The highest BCUT2D eigenvalue weighted by atomic mass is 16.4. The van der Waals surface area contributed by atoms with Gasteiger partial charge in [-0.15, -0.1) is 0 Å². The van der Waals surface area contributed by atoms with Crippen molar-refractivity contribution in [1.82, 2.24) is 0 Å². The molecule has 0 saturated heterocycles. The van der Waals surface area contributed by atoms with E-state index in [2.05, 4.69) is 19.9 Å². The van der Waals surface area contributed by atoms with Crippen molar-refractivity contribution in [1.29, 1.82) is 0 Å². The normalized spacial score (nSPS) is 36.8. The third-order valence-corrected chi connectivity index (χ3v) is 5.45. The Bertz CT molecular complexity index is 367. The van der Waals surface area contributed by atoms with E-state index in [1.165, 1.54) is 24.8 Å². The van der Waals surface area contributed by atoms with Gasteiger partial charge in [0.25, 0.3) is 0 Å². The first-order valence-corrected chi connectivity index (χ1v) is 7.24. The first kappa shape index (κ1) is 13.6. The number of carbonyl (C=O) groups is 1. The van der Waals surface area contributed by atoms with Gasteiger partial charge in [-0.05, 0) is 63.7 Å². The molecule has 2 rings (SSSR count). The van der Waals surface area contributed by atoms with Crippen molar-refractivity contribution >= 4 is 5.97 Å². The van der Waals surface area contributed by atoms with Crippen LogP contribution in [-0.4, -0.2) is 11.1 Å². The second-order valence-electron chi connectivity index (χ2n) is 6.98. The van der Waals surface area contributed by atoms with Crippen LogP contribution in [0, 0.1) is 29.1 Å². The van der Waals surface area contributed by atoms with Crippen LogP contribution in [0.1, 0.15) is 53.4 Å². The minimum absolute atomic E-state index is 0.298. The molecule has 0 heterocycles. The number of hydrogen-bond donors (Lipinski definition) is 1. The van der Waals surface area contributed by atoms with Gasteiger partial charge in [0.1, 0.15) is 0 Å². The average molecular weight is 250 g/mol. The van der Waals surface area contributed by atoms with Crippen LogP contribution in [0.25, 0.3) is 0 Å². The van der Waals surface area contributed by atoms with E-state index < -0.39 is 11.4 Å². The maximum Gasteiger partial charge on any atom is 0.309 e. The number of rotatable bonds is 2. The number of aliphatic carboxylic acids is 1. The lowest BCUT2D eigenvalue weighted by Crippen LogP contribution is -2.44. The first-order valence-electron chi connectivity index (χ1n) is 7.24. The fourth-order valence-electron chi connectivity index (χ4n) is 4.05. The summed E-state index contributed by atoms with van der Waals surface area (Å²) in [6.07, 6.45) is 7.09. The van der Waals surface area contributed by atoms with Gasteiger partial charge in [0.15, 0.2) is 0 Å². The largest absolute Gasteiger partial charge is 0.481 e. The highest BCUT2D eigenvalue weighted by Crippen LogP contribution is 2.51. The second kappa shape index (κ2) is 4.71. The Labute approximate surface area is 110 Å². The van der Waals surface area contributed by atoms with E-state index in [9.17, 15) is 9.90 Å². The molecule has 1 fully saturated rings. The molecule has 0 aromatic heterocycles. The fraction of sp³-hybridized carbons (Fsp3) is 0.812. The van der Waals surface area contributed by atoms with Gasteiger partial charge < -0.3 is 5.11 Å². The van der Waals surface area contributed by atoms with Crippen LogP contribution >= 0.6 is 0 Å². The van der Waals surface area contributed by atoms with E-state index in [1.807, 2.05) is 13.8 Å². The molecular formula is C16H26O2. The summed E-state index contributed by atoms with van der Waals surface area (Å²) < 4.78 is 0. The standard InChI is InChI=1S/C16H26O2/c1-10-5-7-12-11(2)6-8-14(13(12)9-10)16(3,4)15(17)18/h9,11-14H,5-8H2,1-4H3,(H,17,18)/t11-,12+,13+,14-/m1/s1. The van der Waals surface area contributed by atoms with Gasteiger partial charge in [-0.2, -0.15) is 0 Å². The fourth-order valence-corrected chi connectivity index (χ4v) is 4.05. The Kier molecular flexibility index (Phi) is 3.57. The van der Waals surface area contributed by atoms with Crippen LogP contribution < -0.4 is 0 Å². The van der Waals surface area contributed by atoms with Crippen molar-refractivity contribution in [3.63, 3.8) is 0 Å². The van der Waals surface area contributed by atoms with Crippen LogP contribution in [0.3, 0.4) is 0 Å². The van der Waals surface area contributed by atoms with Crippen LogP contribution in [0.5, 0.6) is 0 Å². The van der Waals surface area contributed by atoms with Crippen molar-refractivity contribution in [2.75, 3.05) is 0 Å². The maximum absolute atomic E-state index is 11.5. The molecule has 0 aromatic carbocycles. The first-order chi connectivity index (χ1) is 8.34. The van der Waals surface area contributed by atoms with Gasteiger partial charge >= 0.3 is 5.97 Å². The molecule has 102 valence electrons. The van der Waals surface area contributed by atoms with Crippen molar-refractivity contribution in [3.8, 4) is 0 Å². The predicted octanol–water partition coefficient (Wildman–Crippen LogP) is 4.12. The number of carboxylic acid groups (broad SMARTS) is 1. The lowest BCUT2D eigenvalue weighted by atomic mass is 9.56. The zero-order chi connectivity index (χ0) is 13.5. The van der Waals surface area contributed by atoms with Gasteiger partial charge in [-0.25, -0.2) is 0 Å². The molecule has 0 radical (unpaired) electrons. The molecule has 2 nitrogen and oxygen atoms in total. The summed E-state index contributed by atoms with van der Waals surface area (Å²) in [5, 5.41) is 9.49. The summed E-state index contributed by atoms with van der Waals surface area (Å²) in [6, 6.07) is 0. The van der Waals surface area contributed by atoms with Gasteiger partial charge in [-0.1, -0.05) is 25.0 Å². The molecule has 1 saturated carbocycles. The maximum atomic E-state index is 11.5. The minimum Gasteiger partial charge on any atom is -0.481 e. The molecular weight excluding hydrogens is 224 g/mol. The molecule has 2 aliphatic rings. The molecule has 2 aliphatic carbocycles. The van der Waals surface area contributed by atoms with Gasteiger partial charge in [0, 0.05) is 0 Å². The Morgan fingerprint density at radius 2 is 2.00 bits per heavy atom. The van der Waals surface area contributed by atoms with Gasteiger partial charge in [0.2, 0.25) is 0 Å². The Morgan fingerprint density at radius 3 is 2.61 bits per heavy atom. The van der Waals surface area contributed by atoms with Crippen molar-refractivity contribution in [3.05, 3.63) is 11.6 Å². The Hall–Kier alpha value is -0.790. The van der Waals surface area contributed by atoms with Crippen molar-refractivity contribution in [2.24, 2.45) is 29.1 Å². The highest BCUT2D eigenvalue weighted by Gasteiger charge is 2.47. The smallest absolute Gasteiger partial charge is 0.309 e. The molecule has 0 spiro atoms. The number of carboxylic acids is 1. The molecule has 18 heavy (non-hydrogen) atoms. The zero-order valence-electron chi connectivity index (χ0n) is 12.1. The summed E-state index contributed by atoms with van der Waals surface area (Å²) in [7, 11) is 0. The lowest BCUT2D eigenvalue weighted by Gasteiger charge is -2.48. The van der Waals surface area contributed by atoms with Crippen LogP contribution in [0.15, 0.2) is 11.6 Å². The monoisotopic (exact) mass is 250 g/mol. The van der Waals surface area contributed by atoms with Gasteiger partial charge in [0.05, 0.1) is 5.41 Å². The van der Waals surface area contributed by atoms with Crippen molar-refractivity contribution < 1.29 is 9.90 Å². The number of fused-ring (bicyclic) bond motifs is 1. The Morgan fingerprint density at radius 1 is 1.33 bits per heavy atom. The van der Waals surface area contributed by atoms with E-state index in [0.717, 1.165) is 12.3 Å². The second-order valence-corrected chi connectivity index (χ2v) is 6.98. The third kappa shape index (κ3) is 2.22. The molecule has 1 N–H and O–H groups in total. The van der Waals surface area contributed by atoms with Crippen LogP contribution in [-0.2, 0) is 4.79 Å². The van der Waals surface area contributed by atoms with E-state index in [0.29, 0.717) is 17.8 Å². The SMILES string of the molecule is CC1=C[C@H]2[C@@H](CC1)[C@H](C)CC[C@H]2C(C)(C)C(=O)O. The summed E-state index contributed by atoms with van der Waals surface area (Å²) in [4.78, 5) is 11.5. The van der Waals surface area contributed by atoms with Crippen molar-refractivity contribution in [2.45, 2.75) is 53.4 Å². The minimum atomic E-state index is -0.641. The molecule has 0 amide bonds. The van der Waals surface area contributed by atoms with E-state index >= 15 is 0 Å². The van der Waals surface area contributed by atoms with E-state index in [-0.39, 0.29) is 0 Å². The van der Waals surface area contributed by atoms with Gasteiger partial charge in [-0.3, -0.25) is 4.79 Å². The topological polar surface area (TPSA) is 37.3 Å². The zero-order valence-corrected chi connectivity index (χ0v) is 12.1. The molecule has 0 bridgehead atoms. The molecule has 0 unspecified atom stereocenters. The molecule has 0 aliphatic heterocycles. The lowest BCUT2D eigenvalue weighted by molar-refractivity contribution is -0.153. The third-order valence-electron chi connectivity index (χ3n) is 5.45. The predicted molar refractivity (Wildman–Crippen MR) is 73.3 cm³/mol. The molecule has 0 aromatic rings. The highest BCUT2D eigenvalue weighted by molar-refractivity contribution is 5.74. The molecule has 4 atom stereocenters. The number of allylic oxidation sites excluding steroid dienone is 2. The van der Waals surface area contributed by atoms with E-state index in [4.69, 9.17) is 0 Å². The molecule has 2 heteroatoms. The summed E-state index contributed by atoms with van der Waals surface area (Å²) in [6.45, 7) is 8.35. The number of hydrogen-bond acceptors (Lipinski definition) is 1. The summed E-state index contributed by atoms with van der Waals surface area (Å²) in [5.74, 6) is 1.59.